The Morgan fingerprint density at radius 3 is 2.50 bits per heavy atom. The fourth-order valence-electron chi connectivity index (χ4n) is 3.00. The molecule has 1 amide bonds. The molecule has 0 atom stereocenters. The third-order valence-electron chi connectivity index (χ3n) is 4.60. The summed E-state index contributed by atoms with van der Waals surface area (Å²) >= 11 is 0. The van der Waals surface area contributed by atoms with Crippen LogP contribution in [0.3, 0.4) is 0 Å². The Labute approximate surface area is 140 Å². The molecule has 5 heteroatoms. The van der Waals surface area contributed by atoms with Crippen LogP contribution in [0.1, 0.15) is 33.4 Å². The van der Waals surface area contributed by atoms with Crippen LogP contribution in [-0.2, 0) is 0 Å². The lowest BCUT2D eigenvalue weighted by atomic mass is 9.94. The van der Waals surface area contributed by atoms with Crippen molar-refractivity contribution in [3.8, 4) is 0 Å². The zero-order valence-electron chi connectivity index (χ0n) is 13.7. The van der Waals surface area contributed by atoms with Crippen molar-refractivity contribution in [2.45, 2.75) is 19.8 Å². The number of carbonyl (C=O) groups excluding carboxylic acids is 1. The van der Waals surface area contributed by atoms with Gasteiger partial charge in [-0.25, -0.2) is 9.97 Å². The minimum Gasteiger partial charge on any atom is -0.337 e. The molecule has 3 heterocycles. The Bertz CT molecular complexity index is 917. The van der Waals surface area contributed by atoms with Gasteiger partial charge in [-0.15, -0.1) is 0 Å². The van der Waals surface area contributed by atoms with Crippen LogP contribution in [0.5, 0.6) is 0 Å². The van der Waals surface area contributed by atoms with E-state index in [1.807, 2.05) is 55.1 Å². The van der Waals surface area contributed by atoms with Gasteiger partial charge in [-0.2, -0.15) is 0 Å². The molecule has 1 aliphatic rings. The Balaban J connectivity index is 1.53. The van der Waals surface area contributed by atoms with E-state index in [4.69, 9.17) is 0 Å². The van der Waals surface area contributed by atoms with E-state index in [1.165, 1.54) is 0 Å². The summed E-state index contributed by atoms with van der Waals surface area (Å²) < 4.78 is 0. The molecular formula is C19H18N4O. The molecule has 4 rings (SSSR count). The maximum atomic E-state index is 12.7. The predicted molar refractivity (Wildman–Crippen MR) is 91.9 cm³/mol. The van der Waals surface area contributed by atoms with Crippen LogP contribution in [0.15, 0.2) is 42.6 Å². The van der Waals surface area contributed by atoms with Crippen molar-refractivity contribution in [3.05, 3.63) is 65.2 Å². The van der Waals surface area contributed by atoms with E-state index in [1.54, 1.807) is 6.20 Å². The number of hydrogen-bond acceptors (Lipinski definition) is 4. The lowest BCUT2D eigenvalue weighted by molar-refractivity contribution is 0.0599. The first-order chi connectivity index (χ1) is 11.6. The largest absolute Gasteiger partial charge is 0.337 e. The van der Waals surface area contributed by atoms with E-state index >= 15 is 0 Å². The number of pyridine rings is 1. The van der Waals surface area contributed by atoms with E-state index in [0.29, 0.717) is 24.6 Å². The van der Waals surface area contributed by atoms with Gasteiger partial charge in [0.1, 0.15) is 0 Å². The highest BCUT2D eigenvalue weighted by Gasteiger charge is 2.33. The third kappa shape index (κ3) is 2.52. The number of rotatable bonds is 2. The van der Waals surface area contributed by atoms with Crippen LogP contribution in [0.25, 0.3) is 11.0 Å². The van der Waals surface area contributed by atoms with Crippen molar-refractivity contribution in [1.82, 2.24) is 19.9 Å². The third-order valence-corrected chi connectivity index (χ3v) is 4.60. The van der Waals surface area contributed by atoms with Gasteiger partial charge in [0.25, 0.3) is 5.91 Å². The van der Waals surface area contributed by atoms with Crippen molar-refractivity contribution in [1.29, 1.82) is 0 Å². The maximum Gasteiger partial charge on any atom is 0.253 e. The van der Waals surface area contributed by atoms with Crippen LogP contribution in [-0.4, -0.2) is 38.8 Å². The molecule has 0 aliphatic carbocycles. The molecule has 24 heavy (non-hydrogen) atoms. The molecule has 5 nitrogen and oxygen atoms in total. The first-order valence-corrected chi connectivity index (χ1v) is 8.07. The second kappa shape index (κ2) is 5.67. The molecule has 0 saturated carbocycles. The summed E-state index contributed by atoms with van der Waals surface area (Å²) in [6.45, 7) is 5.31. The van der Waals surface area contributed by atoms with Gasteiger partial charge in [0, 0.05) is 36.5 Å². The summed E-state index contributed by atoms with van der Waals surface area (Å²) in [6, 6.07) is 11.5. The molecule has 2 aromatic heterocycles. The normalized spacial score (nSPS) is 14.7. The SMILES string of the molecule is Cc1nc2ccc(C(=O)N3CC(c4ccccn4)C3)cc2nc1C. The molecule has 1 aromatic carbocycles. The van der Waals surface area contributed by atoms with Gasteiger partial charge in [0.15, 0.2) is 0 Å². The van der Waals surface area contributed by atoms with Crippen LogP contribution >= 0.6 is 0 Å². The fourth-order valence-corrected chi connectivity index (χ4v) is 3.00. The topological polar surface area (TPSA) is 59.0 Å². The fraction of sp³-hybridized carbons (Fsp3) is 0.263. The van der Waals surface area contributed by atoms with Crippen molar-refractivity contribution < 1.29 is 4.79 Å². The van der Waals surface area contributed by atoms with E-state index in [9.17, 15) is 4.79 Å². The van der Waals surface area contributed by atoms with Crippen molar-refractivity contribution in [3.63, 3.8) is 0 Å². The Kier molecular flexibility index (Phi) is 3.49. The molecule has 0 radical (unpaired) electrons. The molecular weight excluding hydrogens is 300 g/mol. The monoisotopic (exact) mass is 318 g/mol. The molecule has 1 fully saturated rings. The second-order valence-corrected chi connectivity index (χ2v) is 6.26. The zero-order valence-corrected chi connectivity index (χ0v) is 13.7. The van der Waals surface area contributed by atoms with Gasteiger partial charge < -0.3 is 4.90 Å². The first-order valence-electron chi connectivity index (χ1n) is 8.07. The van der Waals surface area contributed by atoms with E-state index in [2.05, 4.69) is 15.0 Å². The number of hydrogen-bond donors (Lipinski definition) is 0. The van der Waals surface area contributed by atoms with Crippen LogP contribution in [0, 0.1) is 13.8 Å². The number of benzene rings is 1. The predicted octanol–water partition coefficient (Wildman–Crippen LogP) is 2.88. The van der Waals surface area contributed by atoms with Gasteiger partial charge in [0.05, 0.1) is 22.4 Å². The van der Waals surface area contributed by atoms with E-state index < -0.39 is 0 Å². The number of carbonyl (C=O) groups is 1. The molecule has 1 aliphatic heterocycles. The standard InChI is InChI=1S/C19H18N4O/c1-12-13(2)22-18-9-14(6-7-17(18)21-12)19(24)23-10-15(11-23)16-5-3-4-8-20-16/h3-9,15H,10-11H2,1-2H3. The number of likely N-dealkylation sites (tertiary alicyclic amines) is 1. The number of aromatic nitrogens is 3. The van der Waals surface area contributed by atoms with Crippen LogP contribution in [0.4, 0.5) is 0 Å². The lowest BCUT2D eigenvalue weighted by Crippen LogP contribution is -2.48. The molecule has 0 N–H and O–H groups in total. The maximum absolute atomic E-state index is 12.7. The van der Waals surface area contributed by atoms with E-state index in [-0.39, 0.29) is 5.91 Å². The van der Waals surface area contributed by atoms with Gasteiger partial charge in [-0.1, -0.05) is 6.07 Å². The lowest BCUT2D eigenvalue weighted by Gasteiger charge is -2.39. The van der Waals surface area contributed by atoms with Gasteiger partial charge in [-0.3, -0.25) is 9.78 Å². The zero-order chi connectivity index (χ0) is 16.7. The minimum absolute atomic E-state index is 0.0455. The Morgan fingerprint density at radius 1 is 1.04 bits per heavy atom. The van der Waals surface area contributed by atoms with Crippen LogP contribution < -0.4 is 0 Å². The number of nitrogens with zero attached hydrogens (tertiary/aromatic N) is 4. The van der Waals surface area contributed by atoms with Crippen LogP contribution in [0.2, 0.25) is 0 Å². The average molecular weight is 318 g/mol. The van der Waals surface area contributed by atoms with Gasteiger partial charge in [-0.05, 0) is 44.2 Å². The molecule has 0 spiro atoms. The smallest absolute Gasteiger partial charge is 0.253 e. The summed E-state index contributed by atoms with van der Waals surface area (Å²) in [5, 5.41) is 0. The number of amides is 1. The number of aryl methyl sites for hydroxylation is 2. The number of fused-ring (bicyclic) bond motifs is 1. The van der Waals surface area contributed by atoms with E-state index in [0.717, 1.165) is 28.1 Å². The average Bonchev–Trinajstić information content (AvgIpc) is 2.55. The van der Waals surface area contributed by atoms with Gasteiger partial charge >= 0.3 is 0 Å². The summed E-state index contributed by atoms with van der Waals surface area (Å²) in [4.78, 5) is 27.9. The second-order valence-electron chi connectivity index (χ2n) is 6.26. The summed E-state index contributed by atoms with van der Waals surface area (Å²) in [5.74, 6) is 0.379. The highest BCUT2D eigenvalue weighted by molar-refractivity contribution is 5.97. The summed E-state index contributed by atoms with van der Waals surface area (Å²) in [7, 11) is 0. The molecule has 3 aromatic rings. The summed E-state index contributed by atoms with van der Waals surface area (Å²) in [6.07, 6.45) is 1.80. The molecule has 1 saturated heterocycles. The quantitative estimate of drug-likeness (QED) is 0.729. The Hall–Kier alpha value is -2.82. The molecule has 120 valence electrons. The highest BCUT2D eigenvalue weighted by Crippen LogP contribution is 2.27. The molecule has 0 bridgehead atoms. The molecule has 0 unspecified atom stereocenters. The van der Waals surface area contributed by atoms with Crippen molar-refractivity contribution >= 4 is 16.9 Å². The van der Waals surface area contributed by atoms with Gasteiger partial charge in [0.2, 0.25) is 0 Å². The Morgan fingerprint density at radius 2 is 1.79 bits per heavy atom. The summed E-state index contributed by atoms with van der Waals surface area (Å²) in [5.41, 5.74) is 5.13. The highest BCUT2D eigenvalue weighted by atomic mass is 16.2. The minimum atomic E-state index is 0.0455. The first kappa shape index (κ1) is 14.8. The van der Waals surface area contributed by atoms with Crippen molar-refractivity contribution in [2.24, 2.45) is 0 Å². The van der Waals surface area contributed by atoms with Crippen molar-refractivity contribution in [2.75, 3.05) is 13.1 Å².